The molecule has 1 aliphatic heterocycles. The van der Waals surface area contributed by atoms with E-state index in [1.807, 2.05) is 24.0 Å². The van der Waals surface area contributed by atoms with E-state index in [1.54, 1.807) is 6.92 Å². The molecule has 0 aliphatic carbocycles. The van der Waals surface area contributed by atoms with E-state index in [2.05, 4.69) is 33.6 Å². The fourth-order valence-corrected chi connectivity index (χ4v) is 3.91. The number of alkyl halides is 3. The molecule has 1 aliphatic rings. The van der Waals surface area contributed by atoms with Gasteiger partial charge in [-0.15, -0.1) is 12.6 Å². The Morgan fingerprint density at radius 2 is 1.72 bits per heavy atom. The maximum absolute atomic E-state index is 12.7. The third-order valence-corrected chi connectivity index (χ3v) is 6.00. The largest absolute Gasteiger partial charge is 0.455 e. The Morgan fingerprint density at radius 1 is 1.03 bits per heavy atom. The number of rotatable bonds is 4. The number of benzene rings is 1. The lowest BCUT2D eigenvalue weighted by Gasteiger charge is -2.37. The molecule has 0 atom stereocenters. The predicted molar refractivity (Wildman–Crippen MR) is 117 cm³/mol. The summed E-state index contributed by atoms with van der Waals surface area (Å²) in [5.41, 5.74) is 1.66. The topological polar surface area (TPSA) is 67.4 Å². The number of aromatic nitrogens is 3. The van der Waals surface area contributed by atoms with Gasteiger partial charge in [0.25, 0.3) is 0 Å². The zero-order chi connectivity index (χ0) is 23.0. The zero-order valence-electron chi connectivity index (χ0n) is 17.6. The van der Waals surface area contributed by atoms with Gasteiger partial charge >= 0.3 is 11.9 Å². The van der Waals surface area contributed by atoms with Crippen LogP contribution in [0.25, 0.3) is 0 Å². The molecule has 11 heteroatoms. The Bertz CT molecular complexity index is 1180. The molecule has 170 valence electrons. The molecule has 32 heavy (non-hydrogen) atoms. The Kier molecular flexibility index (Phi) is 5.93. The van der Waals surface area contributed by atoms with Gasteiger partial charge in [0.2, 0.25) is 11.7 Å². The molecule has 0 spiro atoms. The number of nitrogens with zero attached hydrogens (tertiary/aromatic N) is 5. The molecule has 0 unspecified atom stereocenters. The summed E-state index contributed by atoms with van der Waals surface area (Å²) in [5, 5.41) is 0. The van der Waals surface area contributed by atoms with Crippen LogP contribution in [0.3, 0.4) is 0 Å². The second-order valence-corrected chi connectivity index (χ2v) is 8.08. The van der Waals surface area contributed by atoms with Crippen molar-refractivity contribution in [1.82, 2.24) is 14.5 Å². The number of furan rings is 1. The Labute approximate surface area is 187 Å². The van der Waals surface area contributed by atoms with Gasteiger partial charge in [-0.3, -0.25) is 4.57 Å². The van der Waals surface area contributed by atoms with Crippen molar-refractivity contribution in [3.05, 3.63) is 63.7 Å². The van der Waals surface area contributed by atoms with E-state index in [9.17, 15) is 18.0 Å². The van der Waals surface area contributed by atoms with Gasteiger partial charge in [0.05, 0.1) is 6.54 Å². The van der Waals surface area contributed by atoms with Crippen LogP contribution in [0, 0.1) is 13.8 Å². The summed E-state index contributed by atoms with van der Waals surface area (Å²) in [6, 6.07) is 8.03. The molecule has 2 aromatic heterocycles. The van der Waals surface area contributed by atoms with Gasteiger partial charge in [0, 0.05) is 36.8 Å². The fourth-order valence-electron chi connectivity index (χ4n) is 3.71. The minimum Gasteiger partial charge on any atom is -0.455 e. The highest BCUT2D eigenvalue weighted by atomic mass is 32.1. The molecule has 0 bridgehead atoms. The van der Waals surface area contributed by atoms with E-state index >= 15 is 0 Å². The quantitative estimate of drug-likeness (QED) is 0.595. The molecule has 0 radical (unpaired) electrons. The maximum Gasteiger partial charge on any atom is 0.449 e. The lowest BCUT2D eigenvalue weighted by Crippen LogP contribution is -2.48. The van der Waals surface area contributed by atoms with E-state index < -0.39 is 17.6 Å². The number of aryl methyl sites for hydroxylation is 1. The molecule has 0 N–H and O–H groups in total. The summed E-state index contributed by atoms with van der Waals surface area (Å²) in [5.74, 6) is -0.425. The number of piperazine rings is 1. The fraction of sp³-hybridized carbons (Fsp3) is 0.381. The second-order valence-electron chi connectivity index (χ2n) is 7.60. The Morgan fingerprint density at radius 3 is 2.34 bits per heavy atom. The van der Waals surface area contributed by atoms with Crippen molar-refractivity contribution in [3.8, 4) is 0 Å². The standard InChI is InChI=1S/C21H22F3N5O2S/c1-13-16(4-3-5-17(13)32)27-8-10-28(11-9-27)19-25-14(2)29(20(30)26-19)12-15-6-7-18(31-15)21(22,23)24/h3-7,32H,8-12H2,1-2H3. The average Bonchev–Trinajstić information content (AvgIpc) is 3.22. The minimum absolute atomic E-state index is 0.00859. The molecular formula is C21H22F3N5O2S. The van der Waals surface area contributed by atoms with Crippen LogP contribution < -0.4 is 15.5 Å². The van der Waals surface area contributed by atoms with Crippen molar-refractivity contribution in [2.24, 2.45) is 0 Å². The van der Waals surface area contributed by atoms with Crippen LogP contribution in [-0.2, 0) is 12.7 Å². The summed E-state index contributed by atoms with van der Waals surface area (Å²) in [7, 11) is 0. The first kappa shape index (κ1) is 22.3. The van der Waals surface area contributed by atoms with Crippen molar-refractivity contribution >= 4 is 24.3 Å². The van der Waals surface area contributed by atoms with Crippen LogP contribution in [0.5, 0.6) is 0 Å². The number of hydrogen-bond donors (Lipinski definition) is 1. The lowest BCUT2D eigenvalue weighted by atomic mass is 10.1. The van der Waals surface area contributed by atoms with Gasteiger partial charge < -0.3 is 14.2 Å². The van der Waals surface area contributed by atoms with Crippen LogP contribution in [0.2, 0.25) is 0 Å². The van der Waals surface area contributed by atoms with E-state index in [0.717, 1.165) is 35.3 Å². The van der Waals surface area contributed by atoms with Crippen molar-refractivity contribution in [2.45, 2.75) is 31.5 Å². The van der Waals surface area contributed by atoms with Crippen LogP contribution >= 0.6 is 12.6 Å². The summed E-state index contributed by atoms with van der Waals surface area (Å²) < 4.78 is 44.2. The molecule has 1 aromatic carbocycles. The smallest absolute Gasteiger partial charge is 0.449 e. The minimum atomic E-state index is -4.58. The molecule has 0 saturated carbocycles. The predicted octanol–water partition coefficient (Wildman–Crippen LogP) is 3.53. The van der Waals surface area contributed by atoms with E-state index in [1.165, 1.54) is 10.6 Å². The highest BCUT2D eigenvalue weighted by Gasteiger charge is 2.34. The maximum atomic E-state index is 12.7. The Hall–Kier alpha value is -2.95. The summed E-state index contributed by atoms with van der Waals surface area (Å²) in [6.07, 6.45) is -4.58. The Balaban J connectivity index is 1.47. The van der Waals surface area contributed by atoms with Crippen molar-refractivity contribution in [1.29, 1.82) is 0 Å². The molecule has 3 heterocycles. The highest BCUT2D eigenvalue weighted by Crippen LogP contribution is 2.31. The highest BCUT2D eigenvalue weighted by molar-refractivity contribution is 7.80. The van der Waals surface area contributed by atoms with Crippen molar-refractivity contribution in [3.63, 3.8) is 0 Å². The number of thiol groups is 1. The molecule has 3 aromatic rings. The normalized spacial score (nSPS) is 14.8. The molecule has 1 saturated heterocycles. The van der Waals surface area contributed by atoms with Gasteiger partial charge in [-0.1, -0.05) is 6.07 Å². The van der Waals surface area contributed by atoms with E-state index in [4.69, 9.17) is 4.42 Å². The average molecular weight is 466 g/mol. The van der Waals surface area contributed by atoms with Gasteiger partial charge in [-0.05, 0) is 43.7 Å². The number of anilines is 2. The first-order chi connectivity index (χ1) is 15.1. The van der Waals surface area contributed by atoms with Gasteiger partial charge in [0.15, 0.2) is 0 Å². The first-order valence-corrected chi connectivity index (χ1v) is 10.5. The first-order valence-electron chi connectivity index (χ1n) is 10.0. The molecule has 0 amide bonds. The van der Waals surface area contributed by atoms with E-state index in [-0.39, 0.29) is 12.3 Å². The molecule has 7 nitrogen and oxygen atoms in total. The summed E-state index contributed by atoms with van der Waals surface area (Å²) in [6.45, 7) is 6.21. The van der Waals surface area contributed by atoms with Crippen LogP contribution in [0.15, 0.2) is 44.4 Å². The van der Waals surface area contributed by atoms with Crippen molar-refractivity contribution < 1.29 is 17.6 Å². The summed E-state index contributed by atoms with van der Waals surface area (Å²) in [4.78, 5) is 26.2. The van der Waals surface area contributed by atoms with Crippen LogP contribution in [0.1, 0.15) is 22.9 Å². The number of hydrogen-bond acceptors (Lipinski definition) is 7. The molecule has 4 rings (SSSR count). The van der Waals surface area contributed by atoms with Gasteiger partial charge in [0.1, 0.15) is 11.6 Å². The SMILES string of the molecule is Cc1c(S)cccc1N1CCN(c2nc(C)n(Cc3ccc(C(F)(F)F)o3)c(=O)n2)CC1. The molecule has 1 fully saturated rings. The third-order valence-electron chi connectivity index (χ3n) is 5.51. The second kappa shape index (κ2) is 8.53. The zero-order valence-corrected chi connectivity index (χ0v) is 18.5. The monoisotopic (exact) mass is 465 g/mol. The summed E-state index contributed by atoms with van der Waals surface area (Å²) >= 11 is 4.49. The van der Waals surface area contributed by atoms with Crippen LogP contribution in [0.4, 0.5) is 24.8 Å². The van der Waals surface area contributed by atoms with E-state index in [0.29, 0.717) is 24.9 Å². The molecular weight excluding hydrogens is 443 g/mol. The van der Waals surface area contributed by atoms with Gasteiger partial charge in [-0.2, -0.15) is 23.1 Å². The third kappa shape index (κ3) is 4.47. The van der Waals surface area contributed by atoms with Crippen LogP contribution in [-0.4, -0.2) is 40.7 Å². The number of halogens is 3. The van der Waals surface area contributed by atoms with Crippen molar-refractivity contribution in [2.75, 3.05) is 36.0 Å². The lowest BCUT2D eigenvalue weighted by molar-refractivity contribution is -0.153. The van der Waals surface area contributed by atoms with Gasteiger partial charge in [-0.25, -0.2) is 4.79 Å².